The Morgan fingerprint density at radius 2 is 2.16 bits per heavy atom. The monoisotopic (exact) mass is 278 g/mol. The van der Waals surface area contributed by atoms with Gasteiger partial charge in [0.15, 0.2) is 0 Å². The summed E-state index contributed by atoms with van der Waals surface area (Å²) < 4.78 is 0. The zero-order chi connectivity index (χ0) is 13.2. The zero-order valence-electron chi connectivity index (χ0n) is 10.9. The van der Waals surface area contributed by atoms with E-state index in [1.165, 1.54) is 25.8 Å². The molecule has 1 N–H and O–H groups in total. The molecule has 0 aromatic heterocycles. The molecule has 0 spiro atoms. The van der Waals surface area contributed by atoms with E-state index < -0.39 is 0 Å². The Morgan fingerprint density at radius 3 is 3.00 bits per heavy atom. The number of amides is 1. The Balaban J connectivity index is 1.66. The van der Waals surface area contributed by atoms with Crippen LogP contribution in [0.5, 0.6) is 0 Å². The van der Waals surface area contributed by atoms with E-state index in [1.54, 1.807) is 12.1 Å². The van der Waals surface area contributed by atoms with Crippen LogP contribution in [0.2, 0.25) is 5.02 Å². The number of carbonyl (C=O) groups excluding carboxylic acids is 1. The maximum Gasteiger partial charge on any atom is 0.251 e. The molecule has 2 unspecified atom stereocenters. The van der Waals surface area contributed by atoms with Crippen molar-refractivity contribution in [3.05, 3.63) is 34.9 Å². The number of fused-ring (bicyclic) bond motifs is 1. The highest BCUT2D eigenvalue weighted by Gasteiger charge is 2.36. The molecule has 3 nitrogen and oxygen atoms in total. The molecule has 0 aliphatic carbocycles. The highest BCUT2D eigenvalue weighted by atomic mass is 35.5. The number of carbonyl (C=O) groups is 1. The number of halogens is 1. The molecule has 0 bridgehead atoms. The van der Waals surface area contributed by atoms with Gasteiger partial charge in [0.2, 0.25) is 0 Å². The van der Waals surface area contributed by atoms with Crippen LogP contribution in [-0.4, -0.2) is 36.0 Å². The second kappa shape index (κ2) is 5.51. The van der Waals surface area contributed by atoms with Crippen LogP contribution in [0.3, 0.4) is 0 Å². The predicted molar refractivity (Wildman–Crippen MR) is 76.5 cm³/mol. The summed E-state index contributed by atoms with van der Waals surface area (Å²) in [6.07, 6.45) is 4.85. The SMILES string of the molecule is O=C(NC1CCN2CCCCC12)c1cccc(Cl)c1. The van der Waals surface area contributed by atoms with Gasteiger partial charge >= 0.3 is 0 Å². The number of nitrogens with one attached hydrogen (secondary N) is 1. The molecular weight excluding hydrogens is 260 g/mol. The minimum atomic E-state index is -0.0000709. The maximum atomic E-state index is 12.2. The van der Waals surface area contributed by atoms with Gasteiger partial charge in [0.25, 0.3) is 5.91 Å². The van der Waals surface area contributed by atoms with Gasteiger partial charge in [-0.15, -0.1) is 0 Å². The lowest BCUT2D eigenvalue weighted by molar-refractivity contribution is 0.0915. The van der Waals surface area contributed by atoms with Gasteiger partial charge in [-0.3, -0.25) is 9.69 Å². The van der Waals surface area contributed by atoms with Gasteiger partial charge < -0.3 is 5.32 Å². The molecule has 2 heterocycles. The molecule has 2 saturated heterocycles. The number of hydrogen-bond donors (Lipinski definition) is 1. The van der Waals surface area contributed by atoms with E-state index in [9.17, 15) is 4.79 Å². The van der Waals surface area contributed by atoms with Crippen molar-refractivity contribution in [1.82, 2.24) is 10.2 Å². The molecule has 2 aliphatic rings. The molecule has 1 aromatic carbocycles. The molecule has 0 radical (unpaired) electrons. The van der Waals surface area contributed by atoms with E-state index in [-0.39, 0.29) is 5.91 Å². The fourth-order valence-corrected chi connectivity index (χ4v) is 3.49. The van der Waals surface area contributed by atoms with Gasteiger partial charge in [-0.1, -0.05) is 24.1 Å². The van der Waals surface area contributed by atoms with Crippen molar-refractivity contribution in [2.45, 2.75) is 37.8 Å². The van der Waals surface area contributed by atoms with Gasteiger partial charge in [0.05, 0.1) is 0 Å². The lowest BCUT2D eigenvalue weighted by Crippen LogP contribution is -2.46. The van der Waals surface area contributed by atoms with Crippen LogP contribution < -0.4 is 5.32 Å². The Morgan fingerprint density at radius 1 is 1.26 bits per heavy atom. The molecule has 19 heavy (non-hydrogen) atoms. The third-order valence-corrected chi connectivity index (χ3v) is 4.49. The molecule has 3 rings (SSSR count). The van der Waals surface area contributed by atoms with Gasteiger partial charge in [0, 0.05) is 29.2 Å². The number of hydrogen-bond acceptors (Lipinski definition) is 2. The van der Waals surface area contributed by atoms with Crippen LogP contribution in [0.15, 0.2) is 24.3 Å². The summed E-state index contributed by atoms with van der Waals surface area (Å²) in [6, 6.07) is 7.98. The standard InChI is InChI=1S/C15H19ClN2O/c16-12-5-3-4-11(10-12)15(19)17-13-7-9-18-8-2-1-6-14(13)18/h3-5,10,13-14H,1-2,6-9H2,(H,17,19). The van der Waals surface area contributed by atoms with Crippen molar-refractivity contribution >= 4 is 17.5 Å². The first-order valence-electron chi connectivity index (χ1n) is 7.04. The zero-order valence-corrected chi connectivity index (χ0v) is 11.7. The maximum absolute atomic E-state index is 12.2. The summed E-state index contributed by atoms with van der Waals surface area (Å²) in [6.45, 7) is 2.30. The van der Waals surface area contributed by atoms with Crippen LogP contribution in [-0.2, 0) is 0 Å². The summed E-state index contributed by atoms with van der Waals surface area (Å²) in [4.78, 5) is 14.8. The van der Waals surface area contributed by atoms with Gasteiger partial charge in [-0.25, -0.2) is 0 Å². The first-order chi connectivity index (χ1) is 9.24. The highest BCUT2D eigenvalue weighted by Crippen LogP contribution is 2.27. The minimum absolute atomic E-state index is 0.0000709. The van der Waals surface area contributed by atoms with Gasteiger partial charge in [0.1, 0.15) is 0 Å². The van der Waals surface area contributed by atoms with Crippen molar-refractivity contribution in [1.29, 1.82) is 0 Å². The molecule has 2 fully saturated rings. The lowest BCUT2D eigenvalue weighted by Gasteiger charge is -2.32. The van der Waals surface area contributed by atoms with Crippen LogP contribution in [0.1, 0.15) is 36.0 Å². The predicted octanol–water partition coefficient (Wildman–Crippen LogP) is 2.70. The highest BCUT2D eigenvalue weighted by molar-refractivity contribution is 6.30. The molecule has 1 aromatic rings. The summed E-state index contributed by atoms with van der Waals surface area (Å²) in [5.74, 6) is -0.0000709. The van der Waals surface area contributed by atoms with E-state index in [2.05, 4.69) is 10.2 Å². The first-order valence-corrected chi connectivity index (χ1v) is 7.42. The van der Waals surface area contributed by atoms with Crippen LogP contribution >= 0.6 is 11.6 Å². The second-order valence-electron chi connectivity index (χ2n) is 5.48. The van der Waals surface area contributed by atoms with Crippen molar-refractivity contribution in [2.24, 2.45) is 0 Å². The van der Waals surface area contributed by atoms with Crippen molar-refractivity contribution in [3.8, 4) is 0 Å². The molecule has 2 atom stereocenters. The van der Waals surface area contributed by atoms with Crippen molar-refractivity contribution in [2.75, 3.05) is 13.1 Å². The van der Waals surface area contributed by atoms with Crippen LogP contribution in [0.4, 0.5) is 0 Å². The quantitative estimate of drug-likeness (QED) is 0.902. The number of nitrogens with zero attached hydrogens (tertiary/aromatic N) is 1. The van der Waals surface area contributed by atoms with Crippen LogP contribution in [0.25, 0.3) is 0 Å². The minimum Gasteiger partial charge on any atom is -0.348 e. The van der Waals surface area contributed by atoms with E-state index in [0.717, 1.165) is 13.0 Å². The Labute approximate surface area is 118 Å². The average molecular weight is 279 g/mol. The number of benzene rings is 1. The third kappa shape index (κ3) is 2.77. The van der Waals surface area contributed by atoms with E-state index >= 15 is 0 Å². The van der Waals surface area contributed by atoms with Gasteiger partial charge in [-0.2, -0.15) is 0 Å². The van der Waals surface area contributed by atoms with E-state index in [1.807, 2.05) is 12.1 Å². The Hall–Kier alpha value is -1.06. The van der Waals surface area contributed by atoms with E-state index in [0.29, 0.717) is 22.7 Å². The van der Waals surface area contributed by atoms with E-state index in [4.69, 9.17) is 11.6 Å². The summed E-state index contributed by atoms with van der Waals surface area (Å²) in [5.41, 5.74) is 0.654. The fourth-order valence-electron chi connectivity index (χ4n) is 3.30. The molecule has 1 amide bonds. The molecule has 2 aliphatic heterocycles. The molecule has 102 valence electrons. The Kier molecular flexibility index (Phi) is 3.76. The largest absolute Gasteiger partial charge is 0.348 e. The summed E-state index contributed by atoms with van der Waals surface area (Å²) >= 11 is 5.93. The fraction of sp³-hybridized carbons (Fsp3) is 0.533. The summed E-state index contributed by atoms with van der Waals surface area (Å²) in [7, 11) is 0. The number of piperidine rings is 1. The molecule has 0 saturated carbocycles. The smallest absolute Gasteiger partial charge is 0.251 e. The van der Waals surface area contributed by atoms with Crippen LogP contribution in [0, 0.1) is 0 Å². The number of rotatable bonds is 2. The first kappa shape index (κ1) is 12.9. The molecule has 4 heteroatoms. The summed E-state index contributed by atoms with van der Waals surface area (Å²) in [5, 5.41) is 3.79. The van der Waals surface area contributed by atoms with Crippen molar-refractivity contribution in [3.63, 3.8) is 0 Å². The van der Waals surface area contributed by atoms with Gasteiger partial charge in [-0.05, 0) is 44.0 Å². The third-order valence-electron chi connectivity index (χ3n) is 4.26. The lowest BCUT2D eigenvalue weighted by atomic mass is 9.99. The average Bonchev–Trinajstić information content (AvgIpc) is 2.82. The topological polar surface area (TPSA) is 32.3 Å². The van der Waals surface area contributed by atoms with Crippen molar-refractivity contribution < 1.29 is 4.79 Å². The Bertz CT molecular complexity index is 477. The molecular formula is C15H19ClN2O. The second-order valence-corrected chi connectivity index (χ2v) is 5.91. The normalized spacial score (nSPS) is 27.0.